The van der Waals surface area contributed by atoms with E-state index in [1.807, 2.05) is 27.7 Å². The number of anilines is 1. The van der Waals surface area contributed by atoms with Crippen molar-refractivity contribution in [3.05, 3.63) is 42.1 Å². The predicted octanol–water partition coefficient (Wildman–Crippen LogP) is 3.85. The third kappa shape index (κ3) is 8.31. The number of nitrogens with zero attached hydrogens (tertiary/aromatic N) is 7. The minimum atomic E-state index is -3.40. The fourth-order valence-electron chi connectivity index (χ4n) is 7.88. The van der Waals surface area contributed by atoms with Gasteiger partial charge in [0.2, 0.25) is 0 Å². The first-order valence-electron chi connectivity index (χ1n) is 17.5. The molecule has 4 saturated heterocycles. The SMILES string of the molecule is CC(C)N(C(=O)c1cc(F)ccc1Oc1cncnc1N1CC2(CCN(C[C@H]3CCN(S(=O)(=O)N4CCCNCC4)C3)CC2)C1)C(C)C.Cl. The van der Waals surface area contributed by atoms with Crippen LogP contribution < -0.4 is 15.0 Å². The number of benzene rings is 1. The van der Waals surface area contributed by atoms with Crippen molar-refractivity contribution in [1.29, 1.82) is 0 Å². The van der Waals surface area contributed by atoms with Gasteiger partial charge in [-0.15, -0.1) is 12.4 Å². The second-order valence-corrected chi connectivity index (χ2v) is 16.5. The quantitative estimate of drug-likeness (QED) is 0.391. The molecule has 1 amide bonds. The largest absolute Gasteiger partial charge is 0.451 e. The summed E-state index contributed by atoms with van der Waals surface area (Å²) in [4.78, 5) is 28.7. The van der Waals surface area contributed by atoms with Gasteiger partial charge in [-0.3, -0.25) is 4.79 Å². The highest BCUT2D eigenvalue weighted by Gasteiger charge is 2.47. The fourth-order valence-corrected chi connectivity index (χ4v) is 9.62. The Morgan fingerprint density at radius 3 is 2.49 bits per heavy atom. The zero-order chi connectivity index (χ0) is 34.1. The van der Waals surface area contributed by atoms with E-state index in [0.29, 0.717) is 50.2 Å². The molecule has 4 aliphatic heterocycles. The number of amides is 1. The molecule has 1 aromatic carbocycles. The molecule has 2 aromatic rings. The number of piperidine rings is 1. The number of likely N-dealkylation sites (tertiary alicyclic amines) is 1. The van der Waals surface area contributed by atoms with Crippen molar-refractivity contribution in [2.75, 3.05) is 76.9 Å². The lowest BCUT2D eigenvalue weighted by atomic mass is 9.72. The van der Waals surface area contributed by atoms with Crippen LogP contribution in [0.3, 0.4) is 0 Å². The monoisotopic (exact) mass is 722 g/mol. The fraction of sp³-hybridized carbons (Fsp3) is 0.676. The molecule has 1 N–H and O–H groups in total. The van der Waals surface area contributed by atoms with E-state index in [1.54, 1.807) is 19.7 Å². The van der Waals surface area contributed by atoms with Gasteiger partial charge in [-0.05, 0) is 97.1 Å². The van der Waals surface area contributed by atoms with Crippen molar-refractivity contribution >= 4 is 34.3 Å². The molecular formula is C34H52ClFN8O4S. The highest BCUT2D eigenvalue weighted by molar-refractivity contribution is 7.86. The number of aromatic nitrogens is 2. The zero-order valence-electron chi connectivity index (χ0n) is 29.2. The highest BCUT2D eigenvalue weighted by atomic mass is 35.5. The number of nitrogens with one attached hydrogen (secondary N) is 1. The Morgan fingerprint density at radius 2 is 1.78 bits per heavy atom. The van der Waals surface area contributed by atoms with Gasteiger partial charge in [0, 0.05) is 69.9 Å². The Morgan fingerprint density at radius 1 is 1.04 bits per heavy atom. The van der Waals surface area contributed by atoms with Crippen LogP contribution in [0.15, 0.2) is 30.7 Å². The Bertz CT molecular complexity index is 1530. The first-order chi connectivity index (χ1) is 23.0. The minimum Gasteiger partial charge on any atom is -0.451 e. The van der Waals surface area contributed by atoms with Gasteiger partial charge >= 0.3 is 0 Å². The van der Waals surface area contributed by atoms with E-state index < -0.39 is 16.0 Å². The molecule has 4 fully saturated rings. The molecule has 0 bridgehead atoms. The van der Waals surface area contributed by atoms with Gasteiger partial charge < -0.3 is 24.8 Å². The summed E-state index contributed by atoms with van der Waals surface area (Å²) >= 11 is 0. The van der Waals surface area contributed by atoms with Crippen LogP contribution in [0, 0.1) is 17.2 Å². The number of carbonyl (C=O) groups is 1. The Labute approximate surface area is 297 Å². The van der Waals surface area contributed by atoms with E-state index in [4.69, 9.17) is 4.74 Å². The van der Waals surface area contributed by atoms with E-state index in [0.717, 1.165) is 65.0 Å². The summed E-state index contributed by atoms with van der Waals surface area (Å²) in [5.74, 6) is 0.938. The highest BCUT2D eigenvalue weighted by Crippen LogP contribution is 2.45. The van der Waals surface area contributed by atoms with Crippen LogP contribution in [0.25, 0.3) is 0 Å². The summed E-state index contributed by atoms with van der Waals surface area (Å²) in [6, 6.07) is 3.90. The molecule has 0 aliphatic carbocycles. The van der Waals surface area contributed by atoms with Crippen molar-refractivity contribution in [2.45, 2.75) is 65.5 Å². The Hall–Kier alpha value is -2.62. The first kappa shape index (κ1) is 37.6. The number of hydrogen-bond acceptors (Lipinski definition) is 9. The van der Waals surface area contributed by atoms with Crippen molar-refractivity contribution in [3.63, 3.8) is 0 Å². The van der Waals surface area contributed by atoms with Crippen LogP contribution in [-0.4, -0.2) is 127 Å². The summed E-state index contributed by atoms with van der Waals surface area (Å²) in [6.45, 7) is 16.3. The number of halogens is 2. The molecule has 15 heteroatoms. The second-order valence-electron chi connectivity index (χ2n) is 14.5. The third-order valence-corrected chi connectivity index (χ3v) is 12.4. The molecule has 49 heavy (non-hydrogen) atoms. The number of ether oxygens (including phenoxy) is 1. The normalized spacial score (nSPS) is 22.2. The molecule has 6 rings (SSSR count). The van der Waals surface area contributed by atoms with Gasteiger partial charge in [0.1, 0.15) is 17.9 Å². The average molecular weight is 723 g/mol. The summed E-state index contributed by atoms with van der Waals surface area (Å²) < 4.78 is 50.6. The third-order valence-electron chi connectivity index (χ3n) is 10.4. The topological polar surface area (TPSA) is 114 Å². The second kappa shape index (κ2) is 15.7. The van der Waals surface area contributed by atoms with Crippen molar-refractivity contribution < 1.29 is 22.3 Å². The van der Waals surface area contributed by atoms with Crippen molar-refractivity contribution in [2.24, 2.45) is 11.3 Å². The maximum Gasteiger partial charge on any atom is 0.282 e. The van der Waals surface area contributed by atoms with E-state index in [9.17, 15) is 17.6 Å². The van der Waals surface area contributed by atoms with Crippen LogP contribution >= 0.6 is 12.4 Å². The van der Waals surface area contributed by atoms with Crippen LogP contribution in [0.4, 0.5) is 10.2 Å². The Kier molecular flexibility index (Phi) is 12.1. The minimum absolute atomic E-state index is 0. The lowest BCUT2D eigenvalue weighted by molar-refractivity contribution is 0.0640. The van der Waals surface area contributed by atoms with Crippen LogP contribution in [0.2, 0.25) is 0 Å². The van der Waals surface area contributed by atoms with Crippen LogP contribution in [-0.2, 0) is 10.2 Å². The molecule has 12 nitrogen and oxygen atoms in total. The van der Waals surface area contributed by atoms with Crippen LogP contribution in [0.5, 0.6) is 11.5 Å². The molecule has 1 atom stereocenters. The molecule has 4 aliphatic rings. The predicted molar refractivity (Wildman–Crippen MR) is 190 cm³/mol. The smallest absolute Gasteiger partial charge is 0.282 e. The van der Waals surface area contributed by atoms with Crippen molar-refractivity contribution in [1.82, 2.24) is 33.7 Å². The first-order valence-corrected chi connectivity index (χ1v) is 18.9. The number of carbonyl (C=O) groups excluding carboxylic acids is 1. The summed E-state index contributed by atoms with van der Waals surface area (Å²) in [5.41, 5.74) is 0.359. The van der Waals surface area contributed by atoms with E-state index >= 15 is 0 Å². The average Bonchev–Trinajstić information content (AvgIpc) is 3.33. The van der Waals surface area contributed by atoms with E-state index in [2.05, 4.69) is 25.1 Å². The summed E-state index contributed by atoms with van der Waals surface area (Å²) in [5, 5.41) is 3.29. The van der Waals surface area contributed by atoms with Gasteiger partial charge in [-0.25, -0.2) is 14.4 Å². The summed E-state index contributed by atoms with van der Waals surface area (Å²) in [7, 11) is -3.40. The van der Waals surface area contributed by atoms with Gasteiger partial charge in [-0.1, -0.05) is 0 Å². The maximum atomic E-state index is 14.4. The molecule has 1 aromatic heterocycles. The lowest BCUT2D eigenvalue weighted by Gasteiger charge is -2.54. The van der Waals surface area contributed by atoms with Crippen molar-refractivity contribution in [3.8, 4) is 11.5 Å². The van der Waals surface area contributed by atoms with Crippen LogP contribution in [0.1, 0.15) is 63.7 Å². The van der Waals surface area contributed by atoms with Gasteiger partial charge in [0.25, 0.3) is 16.1 Å². The number of hydrogen-bond donors (Lipinski definition) is 1. The summed E-state index contributed by atoms with van der Waals surface area (Å²) in [6.07, 6.45) is 6.99. The van der Waals surface area contributed by atoms with Gasteiger partial charge in [0.05, 0.1) is 11.8 Å². The standard InChI is InChI=1S/C34H51FN8O4S.ClH/c1-25(2)43(26(3)4)33(44)29-18-28(35)6-7-30(29)47-31-19-37-24-38-32(31)40-22-34(23-40)9-15-39(16-10-34)20-27-8-14-42(21-27)48(45,46)41-13-5-11-36-12-17-41;/h6-7,18-19,24-27,36H,5,8-17,20-23H2,1-4H3;1H/t27-;/m1./s1. The molecule has 1 spiro atoms. The molecule has 272 valence electrons. The van der Waals surface area contributed by atoms with Gasteiger partial charge in [-0.2, -0.15) is 17.0 Å². The molecule has 0 radical (unpaired) electrons. The lowest BCUT2D eigenvalue weighted by Crippen LogP contribution is -2.61. The molecular weight excluding hydrogens is 671 g/mol. The van der Waals surface area contributed by atoms with E-state index in [-0.39, 0.29) is 47.1 Å². The van der Waals surface area contributed by atoms with E-state index in [1.165, 1.54) is 24.5 Å². The molecule has 5 heterocycles. The zero-order valence-corrected chi connectivity index (χ0v) is 30.8. The Balaban J connectivity index is 0.00000468. The molecule has 0 unspecified atom stereocenters. The number of rotatable bonds is 10. The maximum absolute atomic E-state index is 14.4. The van der Waals surface area contributed by atoms with Gasteiger partial charge in [0.15, 0.2) is 11.6 Å². The molecule has 0 saturated carbocycles.